The van der Waals surface area contributed by atoms with Crippen LogP contribution in [0.2, 0.25) is 0 Å². The Hall–Kier alpha value is -3.15. The number of nitrogens with zero attached hydrogens (tertiary/aromatic N) is 1. The molecule has 2 aromatic rings. The number of hydrogen-bond acceptors (Lipinski definition) is 5. The van der Waals surface area contributed by atoms with Gasteiger partial charge < -0.3 is 9.57 Å². The molecule has 0 atom stereocenters. The third kappa shape index (κ3) is 3.28. The van der Waals surface area contributed by atoms with E-state index in [-0.39, 0.29) is 11.1 Å². The lowest BCUT2D eigenvalue weighted by Crippen LogP contribution is -2.47. The molecule has 1 aliphatic heterocycles. The molecule has 0 N–H and O–H groups in total. The Morgan fingerprint density at radius 2 is 1.59 bits per heavy atom. The van der Waals surface area contributed by atoms with Crippen LogP contribution < -0.4 is 4.74 Å². The van der Waals surface area contributed by atoms with Crippen LogP contribution in [0.15, 0.2) is 48.5 Å². The van der Waals surface area contributed by atoms with Crippen LogP contribution in [0.5, 0.6) is 5.75 Å². The Morgan fingerprint density at radius 1 is 1.00 bits per heavy atom. The highest BCUT2D eigenvalue weighted by Crippen LogP contribution is 2.45. The van der Waals surface area contributed by atoms with E-state index in [1.54, 1.807) is 24.3 Å². The maximum Gasteiger partial charge on any atom is 0.343 e. The van der Waals surface area contributed by atoms with Crippen molar-refractivity contribution in [2.45, 2.75) is 38.5 Å². The lowest BCUT2D eigenvalue weighted by molar-refractivity contribution is -0.179. The number of hydrogen-bond donors (Lipinski definition) is 0. The first-order valence-corrected chi connectivity index (χ1v) is 9.86. The van der Waals surface area contributed by atoms with Gasteiger partial charge in [0.05, 0.1) is 23.1 Å². The predicted molar refractivity (Wildman–Crippen MR) is 105 cm³/mol. The Balaban J connectivity index is 1.51. The first-order chi connectivity index (χ1) is 13.9. The van der Waals surface area contributed by atoms with Gasteiger partial charge in [0.25, 0.3) is 11.8 Å². The van der Waals surface area contributed by atoms with Crippen molar-refractivity contribution in [3.05, 3.63) is 65.2 Å². The second-order valence-corrected chi connectivity index (χ2v) is 7.99. The van der Waals surface area contributed by atoms with Gasteiger partial charge in [0.2, 0.25) is 0 Å². The van der Waals surface area contributed by atoms with Gasteiger partial charge in [0.15, 0.2) is 0 Å². The van der Waals surface area contributed by atoms with Crippen molar-refractivity contribution >= 4 is 17.8 Å². The molecule has 0 bridgehead atoms. The Labute approximate surface area is 169 Å². The molecule has 2 aliphatic rings. The molecular formula is C23H23NO5. The smallest absolute Gasteiger partial charge is 0.343 e. The van der Waals surface area contributed by atoms with Crippen LogP contribution in [0.4, 0.5) is 0 Å². The summed E-state index contributed by atoms with van der Waals surface area (Å²) in [6.45, 7) is 4.77. The zero-order valence-electron chi connectivity index (χ0n) is 16.5. The molecule has 29 heavy (non-hydrogen) atoms. The fourth-order valence-corrected chi connectivity index (χ4v) is 3.69. The first kappa shape index (κ1) is 19.2. The summed E-state index contributed by atoms with van der Waals surface area (Å²) in [5.74, 6) is -0.626. The molecule has 2 amide bonds. The molecule has 6 heteroatoms. The zero-order valence-corrected chi connectivity index (χ0v) is 16.5. The van der Waals surface area contributed by atoms with E-state index in [0.29, 0.717) is 30.4 Å². The first-order valence-electron chi connectivity index (χ1n) is 9.86. The van der Waals surface area contributed by atoms with E-state index in [0.717, 1.165) is 17.7 Å². The van der Waals surface area contributed by atoms with E-state index >= 15 is 0 Å². The summed E-state index contributed by atoms with van der Waals surface area (Å²) in [7, 11) is 0. The number of fused-ring (bicyclic) bond motifs is 1. The van der Waals surface area contributed by atoms with E-state index < -0.39 is 23.2 Å². The summed E-state index contributed by atoms with van der Waals surface area (Å²) in [5, 5.41) is 0.590. The standard InChI is InChI=1S/C23H23NO5/c1-15(2)14-28-17-10-8-16(9-11-17)23(12-5-13-23)22(27)29-24-20(25)18-6-3-4-7-19(18)21(24)26/h3-4,6-11,15H,5,12-14H2,1-2H3. The maximum atomic E-state index is 13.0. The van der Waals surface area contributed by atoms with Crippen molar-refractivity contribution in [2.24, 2.45) is 5.92 Å². The molecule has 6 nitrogen and oxygen atoms in total. The second kappa shape index (κ2) is 7.35. The third-order valence-electron chi connectivity index (χ3n) is 5.52. The summed E-state index contributed by atoms with van der Waals surface area (Å²) in [5.41, 5.74) is 0.466. The monoisotopic (exact) mass is 393 g/mol. The van der Waals surface area contributed by atoms with Crippen LogP contribution in [-0.2, 0) is 15.0 Å². The average Bonchev–Trinajstić information content (AvgIpc) is 2.92. The molecule has 0 radical (unpaired) electrons. The van der Waals surface area contributed by atoms with Gasteiger partial charge in [-0.25, -0.2) is 4.79 Å². The minimum absolute atomic E-state index is 0.250. The zero-order chi connectivity index (χ0) is 20.6. The topological polar surface area (TPSA) is 72.9 Å². The molecule has 4 rings (SSSR count). The van der Waals surface area contributed by atoms with Crippen molar-refractivity contribution in [1.82, 2.24) is 5.06 Å². The van der Waals surface area contributed by atoms with Crippen LogP contribution in [0.1, 0.15) is 59.4 Å². The van der Waals surface area contributed by atoms with Gasteiger partial charge in [-0.1, -0.05) is 49.6 Å². The van der Waals surface area contributed by atoms with Crippen LogP contribution in [0, 0.1) is 5.92 Å². The molecule has 2 aromatic carbocycles. The van der Waals surface area contributed by atoms with E-state index in [2.05, 4.69) is 13.8 Å². The molecule has 1 heterocycles. The summed E-state index contributed by atoms with van der Waals surface area (Å²) >= 11 is 0. The lowest BCUT2D eigenvalue weighted by atomic mass is 9.64. The Bertz CT molecular complexity index is 924. The molecule has 1 fully saturated rings. The normalized spacial score (nSPS) is 17.1. The lowest BCUT2D eigenvalue weighted by Gasteiger charge is -2.39. The van der Waals surface area contributed by atoms with Gasteiger partial charge in [0.1, 0.15) is 5.75 Å². The number of amides is 2. The van der Waals surface area contributed by atoms with E-state index in [1.807, 2.05) is 24.3 Å². The molecule has 1 aliphatic carbocycles. The molecule has 0 spiro atoms. The highest BCUT2D eigenvalue weighted by molar-refractivity contribution is 6.21. The van der Waals surface area contributed by atoms with Crippen molar-refractivity contribution < 1.29 is 24.0 Å². The highest BCUT2D eigenvalue weighted by Gasteiger charge is 2.50. The van der Waals surface area contributed by atoms with Crippen molar-refractivity contribution in [2.75, 3.05) is 6.61 Å². The van der Waals surface area contributed by atoms with Crippen molar-refractivity contribution in [3.8, 4) is 5.75 Å². The van der Waals surface area contributed by atoms with Gasteiger partial charge in [-0.2, -0.15) is 0 Å². The van der Waals surface area contributed by atoms with Gasteiger partial charge in [0, 0.05) is 0 Å². The minimum Gasteiger partial charge on any atom is -0.493 e. The SMILES string of the molecule is CC(C)COc1ccc(C2(C(=O)ON3C(=O)c4ccccc4C3=O)CCC2)cc1. The minimum atomic E-state index is -0.841. The van der Waals surface area contributed by atoms with Crippen LogP contribution >= 0.6 is 0 Å². The Kier molecular flexibility index (Phi) is 4.86. The fraction of sp³-hybridized carbons (Fsp3) is 0.348. The molecule has 1 saturated carbocycles. The molecule has 0 aromatic heterocycles. The maximum absolute atomic E-state index is 13.0. The number of carbonyl (C=O) groups excluding carboxylic acids is 3. The van der Waals surface area contributed by atoms with Gasteiger partial charge in [-0.05, 0) is 48.6 Å². The van der Waals surface area contributed by atoms with E-state index in [1.165, 1.54) is 0 Å². The predicted octanol–water partition coefficient (Wildman–Crippen LogP) is 3.90. The largest absolute Gasteiger partial charge is 0.493 e. The third-order valence-corrected chi connectivity index (χ3v) is 5.52. The Morgan fingerprint density at radius 3 is 2.07 bits per heavy atom. The number of carbonyl (C=O) groups is 3. The number of imide groups is 1. The summed E-state index contributed by atoms with van der Waals surface area (Å²) in [6, 6.07) is 13.9. The number of hydroxylamine groups is 2. The fourth-order valence-electron chi connectivity index (χ4n) is 3.69. The molecule has 0 unspecified atom stereocenters. The summed E-state index contributed by atoms with van der Waals surface area (Å²) < 4.78 is 5.71. The van der Waals surface area contributed by atoms with Crippen LogP contribution in [-0.4, -0.2) is 29.5 Å². The number of rotatable bonds is 6. The van der Waals surface area contributed by atoms with Gasteiger partial charge in [-0.15, -0.1) is 0 Å². The molecule has 0 saturated heterocycles. The number of ether oxygens (including phenoxy) is 1. The second-order valence-electron chi connectivity index (χ2n) is 7.99. The quantitative estimate of drug-likeness (QED) is 0.696. The van der Waals surface area contributed by atoms with E-state index in [4.69, 9.17) is 9.57 Å². The molecular weight excluding hydrogens is 370 g/mol. The van der Waals surface area contributed by atoms with Crippen LogP contribution in [0.25, 0.3) is 0 Å². The van der Waals surface area contributed by atoms with Gasteiger partial charge >= 0.3 is 5.97 Å². The summed E-state index contributed by atoms with van der Waals surface area (Å²) in [6.07, 6.45) is 2.10. The van der Waals surface area contributed by atoms with Gasteiger partial charge in [-0.3, -0.25) is 9.59 Å². The van der Waals surface area contributed by atoms with Crippen LogP contribution in [0.3, 0.4) is 0 Å². The average molecular weight is 393 g/mol. The highest BCUT2D eigenvalue weighted by atomic mass is 16.7. The van der Waals surface area contributed by atoms with Crippen molar-refractivity contribution in [3.63, 3.8) is 0 Å². The summed E-state index contributed by atoms with van der Waals surface area (Å²) in [4.78, 5) is 43.4. The number of benzene rings is 2. The molecule has 150 valence electrons. The van der Waals surface area contributed by atoms with E-state index in [9.17, 15) is 14.4 Å². The van der Waals surface area contributed by atoms with Crippen molar-refractivity contribution in [1.29, 1.82) is 0 Å².